The van der Waals surface area contributed by atoms with Crippen molar-refractivity contribution in [2.24, 2.45) is 0 Å². The molecule has 3 rings (SSSR count). The van der Waals surface area contributed by atoms with Crippen LogP contribution < -0.4 is 14.8 Å². The summed E-state index contributed by atoms with van der Waals surface area (Å²) in [6.45, 7) is 6.18. The molecule has 1 aliphatic rings. The zero-order chi connectivity index (χ0) is 20.1. The number of aromatic nitrogens is 1. The minimum atomic E-state index is -0.532. The van der Waals surface area contributed by atoms with Crippen molar-refractivity contribution in [3.05, 3.63) is 42.6 Å². The van der Waals surface area contributed by atoms with Crippen molar-refractivity contribution in [2.45, 2.75) is 38.5 Å². The van der Waals surface area contributed by atoms with Crippen molar-refractivity contribution < 1.29 is 23.7 Å². The van der Waals surface area contributed by atoms with Crippen molar-refractivity contribution in [3.8, 4) is 11.5 Å². The highest BCUT2D eigenvalue weighted by atomic mass is 16.6. The van der Waals surface area contributed by atoms with Gasteiger partial charge in [-0.05, 0) is 45.0 Å². The summed E-state index contributed by atoms with van der Waals surface area (Å²) in [4.78, 5) is 16.2. The summed E-state index contributed by atoms with van der Waals surface area (Å²) in [5, 5.41) is 3.65. The van der Waals surface area contributed by atoms with Gasteiger partial charge in [-0.2, -0.15) is 0 Å². The molecule has 0 saturated carbocycles. The maximum absolute atomic E-state index is 11.8. The number of rotatable bonds is 5. The number of nitrogens with zero attached hydrogens (tertiary/aromatic N) is 1. The second kappa shape index (κ2) is 8.48. The molecule has 7 heteroatoms. The van der Waals surface area contributed by atoms with Gasteiger partial charge >= 0.3 is 6.09 Å². The van der Waals surface area contributed by atoms with Crippen LogP contribution >= 0.6 is 0 Å². The van der Waals surface area contributed by atoms with E-state index in [0.29, 0.717) is 13.2 Å². The molecule has 1 aromatic carbocycles. The van der Waals surface area contributed by atoms with Crippen molar-refractivity contribution >= 4 is 17.0 Å². The van der Waals surface area contributed by atoms with Crippen LogP contribution in [0, 0.1) is 0 Å². The predicted octanol–water partition coefficient (Wildman–Crippen LogP) is 3.47. The van der Waals surface area contributed by atoms with Gasteiger partial charge in [-0.15, -0.1) is 0 Å². The van der Waals surface area contributed by atoms with E-state index < -0.39 is 11.7 Å². The fraction of sp³-hybridized carbons (Fsp3) is 0.429. The van der Waals surface area contributed by atoms with E-state index in [9.17, 15) is 4.79 Å². The molecule has 1 N–H and O–H groups in total. The summed E-state index contributed by atoms with van der Waals surface area (Å²) in [5.74, 6) is 1.46. The Morgan fingerprint density at radius 3 is 2.79 bits per heavy atom. The van der Waals surface area contributed by atoms with E-state index >= 15 is 0 Å². The molecule has 1 aromatic heterocycles. The van der Waals surface area contributed by atoms with Gasteiger partial charge in [0.15, 0.2) is 0 Å². The van der Waals surface area contributed by atoms with Gasteiger partial charge in [0.1, 0.15) is 29.8 Å². The molecule has 7 nitrogen and oxygen atoms in total. The van der Waals surface area contributed by atoms with Gasteiger partial charge < -0.3 is 24.3 Å². The summed E-state index contributed by atoms with van der Waals surface area (Å²) in [6.07, 6.45) is 4.83. The molecule has 0 unspecified atom stereocenters. The summed E-state index contributed by atoms with van der Waals surface area (Å²) in [5.41, 5.74) is 0.301. The second-order valence-corrected chi connectivity index (χ2v) is 7.51. The van der Waals surface area contributed by atoms with E-state index in [-0.39, 0.29) is 12.1 Å². The van der Waals surface area contributed by atoms with Crippen LogP contribution in [-0.4, -0.2) is 49.1 Å². The van der Waals surface area contributed by atoms with Crippen LogP contribution in [0.15, 0.2) is 42.6 Å². The first-order valence-electron chi connectivity index (χ1n) is 9.19. The maximum atomic E-state index is 11.8. The highest BCUT2D eigenvalue weighted by molar-refractivity contribution is 5.86. The fourth-order valence-electron chi connectivity index (χ4n) is 2.77. The Balaban J connectivity index is 1.57. The number of alkyl carbamates (subject to hydrolysis) is 1. The van der Waals surface area contributed by atoms with Crippen molar-refractivity contribution in [1.82, 2.24) is 10.3 Å². The highest BCUT2D eigenvalue weighted by Gasteiger charge is 2.22. The molecule has 2 atom stereocenters. The molecule has 0 bridgehead atoms. The summed E-state index contributed by atoms with van der Waals surface area (Å²) in [6, 6.07) is 7.25. The molecule has 28 heavy (non-hydrogen) atoms. The Morgan fingerprint density at radius 2 is 2.11 bits per heavy atom. The molecule has 0 fully saturated rings. The van der Waals surface area contributed by atoms with Crippen LogP contribution in [0.5, 0.6) is 11.5 Å². The number of ether oxygens (including phenoxy) is 4. The number of benzene rings is 1. The van der Waals surface area contributed by atoms with E-state index in [1.807, 2.05) is 57.2 Å². The summed E-state index contributed by atoms with van der Waals surface area (Å²) in [7, 11) is 1.63. The van der Waals surface area contributed by atoms with E-state index in [1.54, 1.807) is 13.3 Å². The first-order chi connectivity index (χ1) is 13.3. The molecule has 0 saturated heterocycles. The number of hydrogen-bond donors (Lipinski definition) is 1. The Hall–Kier alpha value is -2.80. The molecule has 2 aromatic rings. The maximum Gasteiger partial charge on any atom is 0.408 e. The molecule has 0 aliphatic carbocycles. The average molecular weight is 386 g/mol. The van der Waals surface area contributed by atoms with E-state index in [1.165, 1.54) is 0 Å². The van der Waals surface area contributed by atoms with Gasteiger partial charge in [0.25, 0.3) is 0 Å². The van der Waals surface area contributed by atoms with Gasteiger partial charge in [-0.25, -0.2) is 4.79 Å². The number of nitrogens with one attached hydrogen (secondary N) is 1. The molecule has 0 spiro atoms. The molecule has 150 valence electrons. The lowest BCUT2D eigenvalue weighted by Gasteiger charge is -2.26. The molecule has 2 heterocycles. The minimum absolute atomic E-state index is 0.203. The summed E-state index contributed by atoms with van der Waals surface area (Å²) < 4.78 is 22.3. The standard InChI is InChI=1S/C21H26N2O5/c1-21(2,3)28-20(24)23-14-5-6-16(26-12-14)13-27-19-9-10-22-18-8-7-15(25-4)11-17(18)19/h5-11,14,16H,12-13H2,1-4H3,(H,23,24)/t14-,16+/m1/s1. The smallest absolute Gasteiger partial charge is 0.408 e. The lowest BCUT2D eigenvalue weighted by atomic mass is 10.2. The molecule has 1 amide bonds. The van der Waals surface area contributed by atoms with Crippen LogP contribution in [0.1, 0.15) is 20.8 Å². The van der Waals surface area contributed by atoms with Crippen LogP contribution in [0.2, 0.25) is 0 Å². The SMILES string of the molecule is COc1ccc2nccc(OC[C@@H]3C=C[C@@H](NC(=O)OC(C)(C)C)CO3)c2c1. The van der Waals surface area contributed by atoms with Crippen LogP contribution in [-0.2, 0) is 9.47 Å². The lowest BCUT2D eigenvalue weighted by Crippen LogP contribution is -2.43. The monoisotopic (exact) mass is 386 g/mol. The van der Waals surface area contributed by atoms with Gasteiger partial charge in [0, 0.05) is 11.6 Å². The largest absolute Gasteiger partial charge is 0.497 e. The van der Waals surface area contributed by atoms with E-state index in [4.69, 9.17) is 18.9 Å². The van der Waals surface area contributed by atoms with Gasteiger partial charge in [-0.1, -0.05) is 12.2 Å². The summed E-state index contributed by atoms with van der Waals surface area (Å²) >= 11 is 0. The van der Waals surface area contributed by atoms with Crippen LogP contribution in [0.3, 0.4) is 0 Å². The Labute approximate surface area is 164 Å². The van der Waals surface area contributed by atoms with Crippen LogP contribution in [0.25, 0.3) is 10.9 Å². The minimum Gasteiger partial charge on any atom is -0.497 e. The molecule has 0 radical (unpaired) electrons. The Bertz CT molecular complexity index is 859. The molecular formula is C21H26N2O5. The van der Waals surface area contributed by atoms with Crippen molar-refractivity contribution in [3.63, 3.8) is 0 Å². The third-order valence-electron chi connectivity index (χ3n) is 4.06. The third-order valence-corrected chi connectivity index (χ3v) is 4.06. The molecule has 1 aliphatic heterocycles. The first-order valence-corrected chi connectivity index (χ1v) is 9.19. The van der Waals surface area contributed by atoms with Gasteiger partial charge in [-0.3, -0.25) is 4.98 Å². The van der Waals surface area contributed by atoms with Crippen LogP contribution in [0.4, 0.5) is 4.79 Å². The fourth-order valence-corrected chi connectivity index (χ4v) is 2.77. The zero-order valence-corrected chi connectivity index (χ0v) is 16.6. The second-order valence-electron chi connectivity index (χ2n) is 7.51. The number of amides is 1. The van der Waals surface area contributed by atoms with Crippen molar-refractivity contribution in [2.75, 3.05) is 20.3 Å². The third kappa shape index (κ3) is 5.36. The normalized spacial score (nSPS) is 19.3. The highest BCUT2D eigenvalue weighted by Crippen LogP contribution is 2.28. The first kappa shape index (κ1) is 19.9. The van der Waals surface area contributed by atoms with E-state index in [2.05, 4.69) is 10.3 Å². The number of methoxy groups -OCH3 is 1. The van der Waals surface area contributed by atoms with Gasteiger partial charge in [0.2, 0.25) is 0 Å². The van der Waals surface area contributed by atoms with Crippen molar-refractivity contribution in [1.29, 1.82) is 0 Å². The lowest BCUT2D eigenvalue weighted by molar-refractivity contribution is 0.0246. The van der Waals surface area contributed by atoms with Gasteiger partial charge in [0.05, 0.1) is 25.3 Å². The number of carbonyl (C=O) groups excluding carboxylic acids is 1. The van der Waals surface area contributed by atoms with E-state index in [0.717, 1.165) is 22.4 Å². The zero-order valence-electron chi connectivity index (χ0n) is 16.6. The number of pyridine rings is 1. The number of fused-ring (bicyclic) bond motifs is 1. The Kier molecular flexibility index (Phi) is 6.04. The average Bonchev–Trinajstić information content (AvgIpc) is 2.65. The molecular weight excluding hydrogens is 360 g/mol. The quantitative estimate of drug-likeness (QED) is 0.793. The predicted molar refractivity (Wildman–Crippen MR) is 106 cm³/mol. The Morgan fingerprint density at radius 1 is 1.29 bits per heavy atom. The number of carbonyl (C=O) groups is 1. The number of hydrogen-bond acceptors (Lipinski definition) is 6. The topological polar surface area (TPSA) is 78.9 Å².